The Bertz CT molecular complexity index is 1890. The molecular weight excluding hydrogens is 498 g/mol. The van der Waals surface area contributed by atoms with Crippen molar-refractivity contribution in [1.29, 1.82) is 10.5 Å². The third-order valence-corrected chi connectivity index (χ3v) is 6.33. The van der Waals surface area contributed by atoms with E-state index in [1.54, 1.807) is 24.3 Å². The van der Waals surface area contributed by atoms with Gasteiger partial charge in [-0.2, -0.15) is 0 Å². The average molecular weight is 518 g/mol. The molecule has 3 heterocycles. The zero-order chi connectivity index (χ0) is 28.1. The van der Waals surface area contributed by atoms with E-state index >= 15 is 0 Å². The highest BCUT2D eigenvalue weighted by Gasteiger charge is 2.13. The van der Waals surface area contributed by atoms with E-state index in [0.717, 1.165) is 32.9 Å². The molecule has 0 atom stereocenters. The summed E-state index contributed by atoms with van der Waals surface area (Å²) in [7, 11) is 2.03. The van der Waals surface area contributed by atoms with Gasteiger partial charge in [-0.1, -0.05) is 36.4 Å². The Hall–Kier alpha value is -6.28. The SMILES string of the molecule is [C-]#[N+]/C(C#N)=C\C=C\c1ccc(-c2ccc3c4ccc(-c5ccc(/C=C/C=C(\C#N)[N+]#[C-])o5)cc4n(C)c3c2)o1. The predicted octanol–water partition coefficient (Wildman–Crippen LogP) is 8.53. The van der Waals surface area contributed by atoms with E-state index in [9.17, 15) is 0 Å². The molecule has 188 valence electrons. The predicted molar refractivity (Wildman–Crippen MR) is 154 cm³/mol. The van der Waals surface area contributed by atoms with Gasteiger partial charge < -0.3 is 13.4 Å². The van der Waals surface area contributed by atoms with Gasteiger partial charge in [-0.25, -0.2) is 20.2 Å². The van der Waals surface area contributed by atoms with Crippen molar-refractivity contribution in [3.05, 3.63) is 131 Å². The molecule has 0 saturated heterocycles. The lowest BCUT2D eigenvalue weighted by atomic mass is 10.1. The van der Waals surface area contributed by atoms with Crippen molar-refractivity contribution in [2.45, 2.75) is 0 Å². The van der Waals surface area contributed by atoms with Gasteiger partial charge in [0.25, 0.3) is 11.4 Å². The normalized spacial score (nSPS) is 12.1. The second-order valence-electron chi connectivity index (χ2n) is 8.70. The van der Waals surface area contributed by atoms with Crippen molar-refractivity contribution in [2.75, 3.05) is 0 Å². The number of aryl methyl sites for hydroxylation is 1. The summed E-state index contributed by atoms with van der Waals surface area (Å²) in [6, 6.07) is 23.6. The number of nitriles is 2. The number of fused-ring (bicyclic) bond motifs is 3. The highest BCUT2D eigenvalue weighted by molar-refractivity contribution is 6.09. The molecule has 40 heavy (non-hydrogen) atoms. The number of allylic oxidation sites excluding steroid dienone is 6. The summed E-state index contributed by atoms with van der Waals surface area (Å²) >= 11 is 0. The quantitative estimate of drug-likeness (QED) is 0.128. The van der Waals surface area contributed by atoms with Gasteiger partial charge >= 0.3 is 0 Å². The number of hydrogen-bond donors (Lipinski definition) is 0. The van der Waals surface area contributed by atoms with Gasteiger partial charge in [0.2, 0.25) is 0 Å². The number of benzene rings is 2. The van der Waals surface area contributed by atoms with Gasteiger partial charge in [0, 0.05) is 40.0 Å². The van der Waals surface area contributed by atoms with Crippen LogP contribution in [0.25, 0.3) is 66.3 Å². The summed E-state index contributed by atoms with van der Waals surface area (Å²) in [6.45, 7) is 13.9. The molecular formula is C33H19N5O2. The van der Waals surface area contributed by atoms with Crippen molar-refractivity contribution in [3.8, 4) is 34.8 Å². The molecule has 0 saturated carbocycles. The molecule has 0 fully saturated rings. The monoisotopic (exact) mass is 517 g/mol. The van der Waals surface area contributed by atoms with Crippen LogP contribution in [0.1, 0.15) is 11.5 Å². The molecule has 7 heteroatoms. The number of aromatic nitrogens is 1. The standard InChI is InChI=1S/C33H19N5O2/c1-36-24(20-34)6-4-8-26-12-16-32(39-26)22-10-14-28-29-15-11-23(19-31(29)38(3)30(28)18-22)33-17-13-27(40-33)9-5-7-25(21-35)37-2/h4-19H,3H3/b8-4+,9-5+,24-6-,25-7+. The van der Waals surface area contributed by atoms with Crippen LogP contribution in [0.3, 0.4) is 0 Å². The molecule has 0 spiro atoms. The van der Waals surface area contributed by atoms with Crippen molar-refractivity contribution < 1.29 is 8.83 Å². The Morgan fingerprint density at radius 2 is 1.18 bits per heavy atom. The summed E-state index contributed by atoms with van der Waals surface area (Å²) in [5.74, 6) is 2.67. The van der Waals surface area contributed by atoms with Gasteiger partial charge in [0.15, 0.2) is 0 Å². The maximum atomic E-state index is 8.85. The number of rotatable bonds is 6. The zero-order valence-electron chi connectivity index (χ0n) is 21.3. The Kier molecular flexibility index (Phi) is 6.97. The molecule has 0 aliphatic rings. The van der Waals surface area contributed by atoms with Crippen LogP contribution in [0.5, 0.6) is 0 Å². The molecule has 3 aromatic heterocycles. The maximum absolute atomic E-state index is 8.85. The first-order valence-electron chi connectivity index (χ1n) is 12.1. The molecule has 0 radical (unpaired) electrons. The van der Waals surface area contributed by atoms with Gasteiger partial charge in [-0.3, -0.25) is 0 Å². The Morgan fingerprint density at radius 3 is 1.57 bits per heavy atom. The lowest BCUT2D eigenvalue weighted by molar-refractivity contribution is 0.571. The van der Waals surface area contributed by atoms with Crippen molar-refractivity contribution in [1.82, 2.24) is 4.57 Å². The summed E-state index contributed by atoms with van der Waals surface area (Å²) in [4.78, 5) is 6.26. The van der Waals surface area contributed by atoms with E-state index in [1.165, 1.54) is 12.2 Å². The first-order chi connectivity index (χ1) is 19.5. The second-order valence-corrected chi connectivity index (χ2v) is 8.70. The minimum atomic E-state index is 0.0113. The van der Waals surface area contributed by atoms with E-state index < -0.39 is 0 Å². The fraction of sp³-hybridized carbons (Fsp3) is 0.0303. The van der Waals surface area contributed by atoms with Crippen LogP contribution < -0.4 is 0 Å². The van der Waals surface area contributed by atoms with E-state index in [2.05, 4.69) is 38.5 Å². The fourth-order valence-corrected chi connectivity index (χ4v) is 4.37. The van der Waals surface area contributed by atoms with Gasteiger partial charge in [0.05, 0.1) is 25.3 Å². The Balaban J connectivity index is 1.44. The smallest absolute Gasteiger partial charge is 0.261 e. The van der Waals surface area contributed by atoms with E-state index in [0.29, 0.717) is 23.0 Å². The largest absolute Gasteiger partial charge is 0.457 e. The van der Waals surface area contributed by atoms with Crippen LogP contribution in [0.2, 0.25) is 0 Å². The van der Waals surface area contributed by atoms with Crippen LogP contribution in [0.15, 0.2) is 105 Å². The number of hydrogen-bond acceptors (Lipinski definition) is 4. The number of nitrogens with zero attached hydrogens (tertiary/aromatic N) is 5. The highest BCUT2D eigenvalue weighted by atomic mass is 16.3. The first kappa shape index (κ1) is 25.4. The molecule has 0 amide bonds. The molecule has 2 aromatic carbocycles. The van der Waals surface area contributed by atoms with Crippen LogP contribution in [0.4, 0.5) is 0 Å². The summed E-state index contributed by atoms with van der Waals surface area (Å²) in [5.41, 5.74) is 4.00. The van der Waals surface area contributed by atoms with Crippen molar-refractivity contribution in [2.24, 2.45) is 7.05 Å². The van der Waals surface area contributed by atoms with Gasteiger partial charge in [-0.05, 0) is 60.7 Å². The fourth-order valence-electron chi connectivity index (χ4n) is 4.37. The summed E-state index contributed by atoms with van der Waals surface area (Å²) in [6.07, 6.45) is 9.58. The van der Waals surface area contributed by atoms with Crippen LogP contribution in [-0.4, -0.2) is 4.57 Å². The topological polar surface area (TPSA) is 87.5 Å². The van der Waals surface area contributed by atoms with Crippen molar-refractivity contribution in [3.63, 3.8) is 0 Å². The summed E-state index contributed by atoms with van der Waals surface area (Å²) < 4.78 is 14.1. The molecule has 5 rings (SSSR count). The first-order valence-corrected chi connectivity index (χ1v) is 12.1. The van der Waals surface area contributed by atoms with E-state index in [-0.39, 0.29) is 11.4 Å². The average Bonchev–Trinajstić information content (AvgIpc) is 3.72. The molecule has 0 bridgehead atoms. The second kappa shape index (κ2) is 11.0. The minimum absolute atomic E-state index is 0.0113. The lowest BCUT2D eigenvalue weighted by Crippen LogP contribution is -1.87. The van der Waals surface area contributed by atoms with Crippen LogP contribution in [0, 0.1) is 35.8 Å². The van der Waals surface area contributed by atoms with Gasteiger partial charge in [-0.15, -0.1) is 0 Å². The highest BCUT2D eigenvalue weighted by Crippen LogP contribution is 2.35. The zero-order valence-corrected chi connectivity index (χ0v) is 21.3. The maximum Gasteiger partial charge on any atom is 0.261 e. The molecule has 7 nitrogen and oxygen atoms in total. The van der Waals surface area contributed by atoms with Gasteiger partial charge in [0.1, 0.15) is 23.0 Å². The van der Waals surface area contributed by atoms with E-state index in [1.807, 2.05) is 55.6 Å². The molecule has 0 unspecified atom stereocenters. The van der Waals surface area contributed by atoms with E-state index in [4.69, 9.17) is 32.5 Å². The molecule has 5 aromatic rings. The third-order valence-electron chi connectivity index (χ3n) is 6.33. The van der Waals surface area contributed by atoms with Crippen molar-refractivity contribution >= 4 is 34.0 Å². The Labute approximate surface area is 230 Å². The summed E-state index contributed by atoms with van der Waals surface area (Å²) in [5, 5.41) is 19.9. The molecule has 0 aliphatic heterocycles. The minimum Gasteiger partial charge on any atom is -0.457 e. The van der Waals surface area contributed by atoms with Crippen LogP contribution in [-0.2, 0) is 7.05 Å². The third kappa shape index (κ3) is 4.96. The van der Waals surface area contributed by atoms with Crippen LogP contribution >= 0.6 is 0 Å². The lowest BCUT2D eigenvalue weighted by Gasteiger charge is -2.02. The number of furan rings is 2. The Morgan fingerprint density at radius 1 is 0.725 bits per heavy atom. The molecule has 0 N–H and O–H groups in total. The molecule has 0 aliphatic carbocycles.